The van der Waals surface area contributed by atoms with Gasteiger partial charge in [0.1, 0.15) is 10.6 Å². The first-order valence-electron chi connectivity index (χ1n) is 8.07. The number of thioether (sulfide) groups is 1. The molecule has 0 amide bonds. The van der Waals surface area contributed by atoms with E-state index in [1.54, 1.807) is 23.1 Å². The van der Waals surface area contributed by atoms with Gasteiger partial charge in [-0.1, -0.05) is 18.7 Å². The van der Waals surface area contributed by atoms with Crippen LogP contribution in [0.2, 0.25) is 0 Å². The lowest BCUT2D eigenvalue weighted by molar-refractivity contribution is -0.0379. The van der Waals surface area contributed by atoms with E-state index in [1.165, 1.54) is 15.8 Å². The Balaban J connectivity index is 2.06. The summed E-state index contributed by atoms with van der Waals surface area (Å²) >= 11 is 3.42. The number of aromatic nitrogens is 2. The number of rotatable bonds is 6. The predicted octanol–water partition coefficient (Wildman–Crippen LogP) is 3.42. The maximum absolute atomic E-state index is 5.96. The summed E-state index contributed by atoms with van der Waals surface area (Å²) in [4.78, 5) is 11.9. The van der Waals surface area contributed by atoms with Crippen molar-refractivity contribution >= 4 is 39.1 Å². The van der Waals surface area contributed by atoms with Gasteiger partial charge in [-0.25, -0.2) is 9.97 Å². The van der Waals surface area contributed by atoms with Crippen molar-refractivity contribution in [2.24, 2.45) is 5.73 Å². The molecule has 5 nitrogen and oxygen atoms in total. The molecule has 1 aliphatic rings. The van der Waals surface area contributed by atoms with E-state index in [0.29, 0.717) is 13.2 Å². The van der Waals surface area contributed by atoms with Crippen LogP contribution in [0.15, 0.2) is 5.16 Å². The molecule has 2 aromatic rings. The monoisotopic (exact) mass is 352 g/mol. The molecule has 0 spiro atoms. The van der Waals surface area contributed by atoms with Gasteiger partial charge < -0.3 is 15.8 Å². The molecule has 0 radical (unpaired) electrons. The fourth-order valence-electron chi connectivity index (χ4n) is 2.76. The number of ether oxygens (including phenoxy) is 1. The summed E-state index contributed by atoms with van der Waals surface area (Å²) < 4.78 is 5.96. The van der Waals surface area contributed by atoms with E-state index in [2.05, 4.69) is 26.1 Å². The minimum Gasteiger partial charge on any atom is -0.370 e. The van der Waals surface area contributed by atoms with Gasteiger partial charge in [0.25, 0.3) is 0 Å². The lowest BCUT2D eigenvalue weighted by Crippen LogP contribution is -2.31. The second kappa shape index (κ2) is 6.93. The fraction of sp³-hybridized carbons (Fsp3) is 0.625. The Morgan fingerprint density at radius 1 is 1.39 bits per heavy atom. The second-order valence-corrected chi connectivity index (χ2v) is 8.58. The molecule has 0 aliphatic carbocycles. The van der Waals surface area contributed by atoms with Crippen LogP contribution >= 0.6 is 23.1 Å². The zero-order valence-electron chi connectivity index (χ0n) is 13.9. The van der Waals surface area contributed by atoms with Crippen molar-refractivity contribution in [3.8, 4) is 0 Å². The van der Waals surface area contributed by atoms with Gasteiger partial charge in [-0.2, -0.15) is 0 Å². The maximum Gasteiger partial charge on any atom is 0.190 e. The maximum atomic E-state index is 5.96. The first-order chi connectivity index (χ1) is 11.0. The van der Waals surface area contributed by atoms with E-state index >= 15 is 0 Å². The lowest BCUT2D eigenvalue weighted by atomic mass is 9.94. The van der Waals surface area contributed by atoms with Crippen LogP contribution in [0.5, 0.6) is 0 Å². The van der Waals surface area contributed by atoms with Gasteiger partial charge in [-0.05, 0) is 38.1 Å². The Hall–Kier alpha value is -0.890. The quantitative estimate of drug-likeness (QED) is 0.471. The minimum atomic E-state index is -0.133. The highest BCUT2D eigenvalue weighted by atomic mass is 32.2. The Morgan fingerprint density at radius 2 is 2.22 bits per heavy atom. The van der Waals surface area contributed by atoms with Gasteiger partial charge in [0.15, 0.2) is 5.16 Å². The fourth-order valence-corrected chi connectivity index (χ4v) is 4.49. The van der Waals surface area contributed by atoms with Crippen LogP contribution in [0, 0.1) is 0 Å². The summed E-state index contributed by atoms with van der Waals surface area (Å²) in [5, 5.41) is 5.49. The van der Waals surface area contributed by atoms with Crippen molar-refractivity contribution in [1.29, 1.82) is 0 Å². The van der Waals surface area contributed by atoms with Gasteiger partial charge in [0.05, 0.1) is 17.6 Å². The normalized spacial score (nSPS) is 16.5. The molecule has 0 saturated heterocycles. The van der Waals surface area contributed by atoms with Crippen molar-refractivity contribution in [2.45, 2.75) is 51.0 Å². The third-order valence-corrected chi connectivity index (χ3v) is 5.69. The molecule has 2 aromatic heterocycles. The summed E-state index contributed by atoms with van der Waals surface area (Å²) in [6, 6.07) is 0. The first kappa shape index (κ1) is 17.0. The van der Waals surface area contributed by atoms with E-state index in [1.807, 2.05) is 0 Å². The van der Waals surface area contributed by atoms with E-state index in [-0.39, 0.29) is 5.60 Å². The third kappa shape index (κ3) is 3.63. The minimum absolute atomic E-state index is 0.133. The number of nitrogens with zero attached hydrogens (tertiary/aromatic N) is 2. The number of nitrogens with two attached hydrogens (primary N) is 1. The highest BCUT2D eigenvalue weighted by molar-refractivity contribution is 7.99. The van der Waals surface area contributed by atoms with Crippen LogP contribution in [-0.4, -0.2) is 34.4 Å². The van der Waals surface area contributed by atoms with E-state index < -0.39 is 0 Å². The highest BCUT2D eigenvalue weighted by Crippen LogP contribution is 2.41. The van der Waals surface area contributed by atoms with Gasteiger partial charge in [-0.15, -0.1) is 11.3 Å². The summed E-state index contributed by atoms with van der Waals surface area (Å²) in [6.07, 6.45) is 1.83. The number of hydrogen-bond donors (Lipinski definition) is 2. The van der Waals surface area contributed by atoms with Gasteiger partial charge >= 0.3 is 0 Å². The van der Waals surface area contributed by atoms with E-state index in [4.69, 9.17) is 20.4 Å². The van der Waals surface area contributed by atoms with Gasteiger partial charge in [-0.3, -0.25) is 0 Å². The topological polar surface area (TPSA) is 73.1 Å². The average Bonchev–Trinajstić information content (AvgIpc) is 2.84. The average molecular weight is 353 g/mol. The standard InChI is InChI=1S/C16H24N4OS2/c1-4-22-15-19-13(18-7-5-6-17)12-10-8-16(2,3)21-9-11(10)23-14(12)20-15/h4-9,17H2,1-3H3,(H,18,19,20). The smallest absolute Gasteiger partial charge is 0.190 e. The molecule has 3 heterocycles. The molecule has 0 bridgehead atoms. The van der Waals surface area contributed by atoms with Crippen LogP contribution in [0.4, 0.5) is 5.82 Å². The van der Waals surface area contributed by atoms with Gasteiger partial charge in [0.2, 0.25) is 0 Å². The molecule has 0 saturated carbocycles. The number of anilines is 1. The highest BCUT2D eigenvalue weighted by Gasteiger charge is 2.31. The summed E-state index contributed by atoms with van der Waals surface area (Å²) in [5.74, 6) is 1.92. The Labute approximate surface area is 145 Å². The molecule has 1 aliphatic heterocycles. The molecule has 0 fully saturated rings. The molecule has 0 aromatic carbocycles. The molecule has 0 atom stereocenters. The van der Waals surface area contributed by atoms with E-state index in [0.717, 1.165) is 40.9 Å². The summed E-state index contributed by atoms with van der Waals surface area (Å²) in [5.41, 5.74) is 6.84. The zero-order valence-corrected chi connectivity index (χ0v) is 15.6. The molecule has 3 N–H and O–H groups in total. The number of fused-ring (bicyclic) bond motifs is 3. The number of nitrogens with one attached hydrogen (secondary N) is 1. The van der Waals surface area contributed by atoms with Crippen LogP contribution in [0.25, 0.3) is 10.2 Å². The molecule has 3 rings (SSSR count). The lowest BCUT2D eigenvalue weighted by Gasteiger charge is -2.30. The van der Waals surface area contributed by atoms with Gasteiger partial charge in [0, 0.05) is 17.8 Å². The van der Waals surface area contributed by atoms with Crippen LogP contribution in [0.1, 0.15) is 37.6 Å². The van der Waals surface area contributed by atoms with Crippen LogP contribution in [-0.2, 0) is 17.8 Å². The van der Waals surface area contributed by atoms with Crippen molar-refractivity contribution in [3.63, 3.8) is 0 Å². The van der Waals surface area contributed by atoms with Crippen molar-refractivity contribution in [3.05, 3.63) is 10.4 Å². The Kier molecular flexibility index (Phi) is 5.10. The molecular weight excluding hydrogens is 328 g/mol. The van der Waals surface area contributed by atoms with E-state index in [9.17, 15) is 0 Å². The van der Waals surface area contributed by atoms with Crippen molar-refractivity contribution < 1.29 is 4.74 Å². The second-order valence-electron chi connectivity index (χ2n) is 6.27. The Bertz CT molecular complexity index is 699. The largest absolute Gasteiger partial charge is 0.370 e. The molecule has 0 unspecified atom stereocenters. The number of hydrogen-bond acceptors (Lipinski definition) is 7. The van der Waals surface area contributed by atoms with Crippen LogP contribution < -0.4 is 11.1 Å². The molecule has 7 heteroatoms. The Morgan fingerprint density at radius 3 is 2.96 bits per heavy atom. The zero-order chi connectivity index (χ0) is 16.4. The molecular formula is C16H24N4OS2. The van der Waals surface area contributed by atoms with Crippen molar-refractivity contribution in [2.75, 3.05) is 24.2 Å². The summed E-state index contributed by atoms with van der Waals surface area (Å²) in [6.45, 7) is 8.59. The third-order valence-electron chi connectivity index (χ3n) is 3.86. The molecule has 126 valence electrons. The first-order valence-corrected chi connectivity index (χ1v) is 9.87. The van der Waals surface area contributed by atoms with Crippen molar-refractivity contribution in [1.82, 2.24) is 9.97 Å². The predicted molar refractivity (Wildman–Crippen MR) is 98.5 cm³/mol. The summed E-state index contributed by atoms with van der Waals surface area (Å²) in [7, 11) is 0. The SMILES string of the molecule is CCSc1nc(NCCCN)c2c3c(sc2n1)COC(C)(C)C3. The van der Waals surface area contributed by atoms with Crippen LogP contribution in [0.3, 0.4) is 0 Å². The number of thiophene rings is 1. The molecule has 23 heavy (non-hydrogen) atoms.